The maximum atomic E-state index is 14.3. The fourth-order valence-electron chi connectivity index (χ4n) is 3.12. The van der Waals surface area contributed by atoms with Crippen molar-refractivity contribution >= 4 is 5.95 Å². The summed E-state index contributed by atoms with van der Waals surface area (Å²) in [6.07, 6.45) is 0. The van der Waals surface area contributed by atoms with Crippen LogP contribution in [0.3, 0.4) is 0 Å². The monoisotopic (exact) mass is 325 g/mol. The second-order valence-corrected chi connectivity index (χ2v) is 5.85. The SMILES string of the molecule is Cn1nnc(N2Cc3ccc(-c4c(F)cccc4CO)cc3C2)n1. The van der Waals surface area contributed by atoms with E-state index in [0.29, 0.717) is 30.2 Å². The van der Waals surface area contributed by atoms with E-state index in [2.05, 4.69) is 15.4 Å². The second kappa shape index (κ2) is 5.68. The number of rotatable bonds is 3. The lowest BCUT2D eigenvalue weighted by Gasteiger charge is -2.11. The molecular formula is C17H16FN5O. The first-order valence-corrected chi connectivity index (χ1v) is 7.65. The average molecular weight is 325 g/mol. The van der Waals surface area contributed by atoms with E-state index in [4.69, 9.17) is 0 Å². The number of hydrogen-bond donors (Lipinski definition) is 1. The predicted octanol–water partition coefficient (Wildman–Crippen LogP) is 2.03. The van der Waals surface area contributed by atoms with E-state index in [1.807, 2.05) is 23.1 Å². The van der Waals surface area contributed by atoms with Gasteiger partial charge >= 0.3 is 0 Å². The van der Waals surface area contributed by atoms with Crippen molar-refractivity contribution in [1.29, 1.82) is 0 Å². The number of nitrogens with zero attached hydrogens (tertiary/aromatic N) is 5. The number of hydrogen-bond acceptors (Lipinski definition) is 5. The molecular weight excluding hydrogens is 309 g/mol. The van der Waals surface area contributed by atoms with Crippen molar-refractivity contribution in [1.82, 2.24) is 20.2 Å². The fourth-order valence-corrected chi connectivity index (χ4v) is 3.12. The van der Waals surface area contributed by atoms with Crippen LogP contribution in [0.4, 0.5) is 10.3 Å². The molecule has 122 valence electrons. The summed E-state index contributed by atoms with van der Waals surface area (Å²) < 4.78 is 14.3. The van der Waals surface area contributed by atoms with Crippen LogP contribution in [-0.2, 0) is 26.7 Å². The number of aliphatic hydroxyl groups excluding tert-OH is 1. The number of benzene rings is 2. The Kier molecular flexibility index (Phi) is 3.50. The molecule has 0 spiro atoms. The Labute approximate surface area is 138 Å². The number of aryl methyl sites for hydroxylation is 1. The Hall–Kier alpha value is -2.80. The van der Waals surface area contributed by atoms with Crippen LogP contribution in [-0.4, -0.2) is 25.3 Å². The van der Waals surface area contributed by atoms with Crippen LogP contribution in [0.2, 0.25) is 0 Å². The highest BCUT2D eigenvalue weighted by molar-refractivity contribution is 5.70. The summed E-state index contributed by atoms with van der Waals surface area (Å²) in [4.78, 5) is 3.45. The number of aliphatic hydroxyl groups is 1. The number of fused-ring (bicyclic) bond motifs is 1. The lowest BCUT2D eigenvalue weighted by Crippen LogP contribution is -2.16. The third-order valence-electron chi connectivity index (χ3n) is 4.27. The zero-order chi connectivity index (χ0) is 16.7. The molecule has 1 aliphatic heterocycles. The summed E-state index contributed by atoms with van der Waals surface area (Å²) in [5, 5.41) is 21.6. The van der Waals surface area contributed by atoms with Crippen molar-refractivity contribution in [3.8, 4) is 11.1 Å². The van der Waals surface area contributed by atoms with Gasteiger partial charge in [-0.25, -0.2) is 4.39 Å². The van der Waals surface area contributed by atoms with Crippen LogP contribution < -0.4 is 4.90 Å². The van der Waals surface area contributed by atoms with E-state index >= 15 is 0 Å². The molecule has 2 aromatic carbocycles. The van der Waals surface area contributed by atoms with Crippen LogP contribution in [0.1, 0.15) is 16.7 Å². The van der Waals surface area contributed by atoms with E-state index < -0.39 is 0 Å². The fraction of sp³-hybridized carbons (Fsp3) is 0.235. The van der Waals surface area contributed by atoms with Gasteiger partial charge in [0.25, 0.3) is 5.95 Å². The van der Waals surface area contributed by atoms with Crippen molar-refractivity contribution in [2.45, 2.75) is 19.7 Å². The van der Waals surface area contributed by atoms with Gasteiger partial charge < -0.3 is 10.0 Å². The molecule has 1 aliphatic rings. The van der Waals surface area contributed by atoms with Crippen LogP contribution in [0.15, 0.2) is 36.4 Å². The molecule has 0 bridgehead atoms. The van der Waals surface area contributed by atoms with Crippen molar-refractivity contribution < 1.29 is 9.50 Å². The highest BCUT2D eigenvalue weighted by atomic mass is 19.1. The van der Waals surface area contributed by atoms with Gasteiger partial charge in [-0.3, -0.25) is 0 Å². The number of tetrazole rings is 1. The summed E-state index contributed by atoms with van der Waals surface area (Å²) >= 11 is 0. The third kappa shape index (κ3) is 2.43. The largest absolute Gasteiger partial charge is 0.392 e. The van der Waals surface area contributed by atoms with Crippen LogP contribution >= 0.6 is 0 Å². The molecule has 4 rings (SSSR count). The van der Waals surface area contributed by atoms with Gasteiger partial charge in [-0.2, -0.15) is 4.80 Å². The third-order valence-corrected chi connectivity index (χ3v) is 4.27. The molecule has 3 aromatic rings. The lowest BCUT2D eigenvalue weighted by molar-refractivity contribution is 0.282. The molecule has 0 saturated carbocycles. The molecule has 0 radical (unpaired) electrons. The minimum atomic E-state index is -0.327. The first-order chi connectivity index (χ1) is 11.7. The van der Waals surface area contributed by atoms with Crippen molar-refractivity contribution in [3.63, 3.8) is 0 Å². The summed E-state index contributed by atoms with van der Waals surface area (Å²) in [5.74, 6) is 0.254. The second-order valence-electron chi connectivity index (χ2n) is 5.85. The van der Waals surface area contributed by atoms with Crippen molar-refractivity contribution in [3.05, 3.63) is 58.9 Å². The first-order valence-electron chi connectivity index (χ1n) is 7.65. The molecule has 0 fully saturated rings. The molecule has 0 atom stereocenters. The van der Waals surface area contributed by atoms with Gasteiger partial charge in [0.1, 0.15) is 5.82 Å². The molecule has 0 unspecified atom stereocenters. The summed E-state index contributed by atoms with van der Waals surface area (Å²) in [6.45, 7) is 1.16. The Morgan fingerprint density at radius 3 is 2.75 bits per heavy atom. The summed E-state index contributed by atoms with van der Waals surface area (Å²) in [5.41, 5.74) is 4.07. The normalized spacial score (nSPS) is 13.4. The smallest absolute Gasteiger partial charge is 0.266 e. The van der Waals surface area contributed by atoms with Crippen LogP contribution in [0.25, 0.3) is 11.1 Å². The number of halogens is 1. The van der Waals surface area contributed by atoms with Gasteiger partial charge in [0.15, 0.2) is 0 Å². The maximum Gasteiger partial charge on any atom is 0.266 e. The Bertz CT molecular complexity index is 908. The zero-order valence-electron chi connectivity index (χ0n) is 13.1. The van der Waals surface area contributed by atoms with Gasteiger partial charge in [-0.05, 0) is 39.6 Å². The van der Waals surface area contributed by atoms with Gasteiger partial charge in [-0.1, -0.05) is 29.4 Å². The van der Waals surface area contributed by atoms with E-state index in [0.717, 1.165) is 16.7 Å². The molecule has 2 heterocycles. The van der Waals surface area contributed by atoms with E-state index in [9.17, 15) is 9.50 Å². The van der Waals surface area contributed by atoms with Crippen LogP contribution in [0.5, 0.6) is 0 Å². The molecule has 24 heavy (non-hydrogen) atoms. The van der Waals surface area contributed by atoms with Gasteiger partial charge in [-0.15, -0.1) is 5.10 Å². The lowest BCUT2D eigenvalue weighted by atomic mass is 9.96. The topological polar surface area (TPSA) is 67.1 Å². The molecule has 0 saturated heterocycles. The van der Waals surface area contributed by atoms with E-state index in [1.54, 1.807) is 19.2 Å². The standard InChI is InChI=1S/C17H16FN5O/c1-22-20-17(19-21-22)23-8-12-6-5-11(7-14(12)9-23)16-13(10-24)3-2-4-15(16)18/h2-7,24H,8-10H2,1H3. The Balaban J connectivity index is 1.70. The van der Waals surface area contributed by atoms with Gasteiger partial charge in [0, 0.05) is 18.7 Å². The predicted molar refractivity (Wildman–Crippen MR) is 86.4 cm³/mol. The Morgan fingerprint density at radius 2 is 2.00 bits per heavy atom. The molecule has 0 aliphatic carbocycles. The molecule has 7 heteroatoms. The van der Waals surface area contributed by atoms with Crippen LogP contribution in [0, 0.1) is 5.82 Å². The van der Waals surface area contributed by atoms with Crippen molar-refractivity contribution in [2.75, 3.05) is 4.90 Å². The molecule has 6 nitrogen and oxygen atoms in total. The van der Waals surface area contributed by atoms with E-state index in [-0.39, 0.29) is 12.4 Å². The average Bonchev–Trinajstić information content (AvgIpc) is 3.19. The summed E-state index contributed by atoms with van der Waals surface area (Å²) in [7, 11) is 1.73. The summed E-state index contributed by atoms with van der Waals surface area (Å²) in [6, 6.07) is 10.6. The van der Waals surface area contributed by atoms with Gasteiger partial charge in [0.2, 0.25) is 0 Å². The maximum absolute atomic E-state index is 14.3. The minimum absolute atomic E-state index is 0.195. The van der Waals surface area contributed by atoms with E-state index in [1.165, 1.54) is 10.9 Å². The molecule has 1 aromatic heterocycles. The van der Waals surface area contributed by atoms with Crippen molar-refractivity contribution in [2.24, 2.45) is 7.05 Å². The highest BCUT2D eigenvalue weighted by Crippen LogP contribution is 2.32. The highest BCUT2D eigenvalue weighted by Gasteiger charge is 2.23. The minimum Gasteiger partial charge on any atom is -0.392 e. The Morgan fingerprint density at radius 1 is 1.17 bits per heavy atom. The number of aromatic nitrogens is 4. The zero-order valence-corrected chi connectivity index (χ0v) is 13.1. The molecule has 1 N–H and O–H groups in total. The quantitative estimate of drug-likeness (QED) is 0.798. The number of anilines is 1. The first kappa shape index (κ1) is 14.8. The molecule has 0 amide bonds. The van der Waals surface area contributed by atoms with Gasteiger partial charge in [0.05, 0.1) is 13.7 Å².